The number of fused-ring (bicyclic) bond motifs is 1. The van der Waals surface area contributed by atoms with Crippen LogP contribution in [0.3, 0.4) is 0 Å². The Morgan fingerprint density at radius 1 is 1.00 bits per heavy atom. The van der Waals surface area contributed by atoms with E-state index in [0.717, 1.165) is 42.7 Å². The van der Waals surface area contributed by atoms with Gasteiger partial charge in [-0.25, -0.2) is 4.98 Å². The van der Waals surface area contributed by atoms with Crippen molar-refractivity contribution in [3.8, 4) is 5.69 Å². The standard InChI is InChI=1S/C27H29N3O2S/c1-17(24(31)29-27-14-18-11-19(15-27)13-20(12-18)16-27)33-26-28-23-10-6-5-9-22(23)25(32)30(26)21-7-3-2-4-8-21/h2-10,17-20H,11-16H2,1H3,(H,29,31). The van der Waals surface area contributed by atoms with E-state index < -0.39 is 0 Å². The summed E-state index contributed by atoms with van der Waals surface area (Å²) in [5, 5.41) is 4.27. The summed E-state index contributed by atoms with van der Waals surface area (Å²) in [5.41, 5.74) is 1.29. The number of rotatable bonds is 5. The zero-order valence-corrected chi connectivity index (χ0v) is 19.7. The van der Waals surface area contributed by atoms with Crippen LogP contribution in [0, 0.1) is 17.8 Å². The van der Waals surface area contributed by atoms with Gasteiger partial charge in [-0.1, -0.05) is 42.1 Å². The lowest BCUT2D eigenvalue weighted by atomic mass is 9.53. The van der Waals surface area contributed by atoms with Gasteiger partial charge >= 0.3 is 0 Å². The van der Waals surface area contributed by atoms with Gasteiger partial charge in [0.05, 0.1) is 21.8 Å². The highest BCUT2D eigenvalue weighted by Crippen LogP contribution is 2.55. The number of carbonyl (C=O) groups is 1. The molecular formula is C27H29N3O2S. The third-order valence-corrected chi connectivity index (χ3v) is 8.89. The second-order valence-corrected chi connectivity index (χ2v) is 11.6. The Morgan fingerprint density at radius 3 is 2.27 bits per heavy atom. The molecule has 7 rings (SSSR count). The molecule has 4 saturated carbocycles. The quantitative estimate of drug-likeness (QED) is 0.433. The monoisotopic (exact) mass is 459 g/mol. The zero-order valence-electron chi connectivity index (χ0n) is 18.9. The van der Waals surface area contributed by atoms with E-state index in [2.05, 4.69) is 5.32 Å². The Morgan fingerprint density at radius 2 is 1.61 bits per heavy atom. The summed E-state index contributed by atoms with van der Waals surface area (Å²) in [5.74, 6) is 2.41. The maximum atomic E-state index is 13.4. The first-order chi connectivity index (χ1) is 16.0. The van der Waals surface area contributed by atoms with Crippen LogP contribution in [0.2, 0.25) is 0 Å². The summed E-state index contributed by atoms with van der Waals surface area (Å²) < 4.78 is 1.64. The van der Waals surface area contributed by atoms with Gasteiger partial charge in [0.2, 0.25) is 5.91 Å². The van der Waals surface area contributed by atoms with Crippen molar-refractivity contribution in [1.29, 1.82) is 0 Å². The first-order valence-electron chi connectivity index (χ1n) is 12.1. The molecular weight excluding hydrogens is 430 g/mol. The summed E-state index contributed by atoms with van der Waals surface area (Å²) in [6.07, 6.45) is 7.44. The van der Waals surface area contributed by atoms with Gasteiger partial charge in [0.25, 0.3) is 5.56 Å². The van der Waals surface area contributed by atoms with Crippen molar-refractivity contribution < 1.29 is 4.79 Å². The van der Waals surface area contributed by atoms with Gasteiger partial charge in [-0.3, -0.25) is 14.2 Å². The van der Waals surface area contributed by atoms with E-state index in [4.69, 9.17) is 4.98 Å². The molecule has 0 aliphatic heterocycles. The van der Waals surface area contributed by atoms with Crippen LogP contribution in [0.25, 0.3) is 16.6 Å². The molecule has 1 N–H and O–H groups in total. The Bertz CT molecular complexity index is 1230. The molecule has 170 valence electrons. The minimum atomic E-state index is -0.346. The molecule has 0 radical (unpaired) electrons. The maximum absolute atomic E-state index is 13.4. The highest BCUT2D eigenvalue weighted by atomic mass is 32.2. The van der Waals surface area contributed by atoms with Crippen molar-refractivity contribution >= 4 is 28.6 Å². The van der Waals surface area contributed by atoms with Crippen LogP contribution in [-0.4, -0.2) is 26.2 Å². The summed E-state index contributed by atoms with van der Waals surface area (Å²) in [6.45, 7) is 1.93. The van der Waals surface area contributed by atoms with Crippen LogP contribution in [-0.2, 0) is 4.79 Å². The lowest BCUT2D eigenvalue weighted by Gasteiger charge is -2.57. The van der Waals surface area contributed by atoms with Gasteiger partial charge in [-0.15, -0.1) is 0 Å². The normalized spacial score (nSPS) is 28.7. The van der Waals surface area contributed by atoms with Crippen molar-refractivity contribution in [3.63, 3.8) is 0 Å². The number of para-hydroxylation sites is 2. The third-order valence-electron chi connectivity index (χ3n) is 7.84. The molecule has 1 aromatic heterocycles. The summed E-state index contributed by atoms with van der Waals surface area (Å²) in [6, 6.07) is 17.0. The van der Waals surface area contributed by atoms with Gasteiger partial charge in [0, 0.05) is 5.54 Å². The fourth-order valence-corrected chi connectivity index (χ4v) is 7.76. The number of hydrogen-bond acceptors (Lipinski definition) is 4. The average molecular weight is 460 g/mol. The fraction of sp³-hybridized carbons (Fsp3) is 0.444. The van der Waals surface area contributed by atoms with Crippen LogP contribution >= 0.6 is 11.8 Å². The molecule has 0 saturated heterocycles. The maximum Gasteiger partial charge on any atom is 0.266 e. The molecule has 1 heterocycles. The van der Waals surface area contributed by atoms with Crippen LogP contribution in [0.4, 0.5) is 0 Å². The molecule has 4 bridgehead atoms. The molecule has 0 spiro atoms. The molecule has 33 heavy (non-hydrogen) atoms. The summed E-state index contributed by atoms with van der Waals surface area (Å²) in [7, 11) is 0. The number of benzene rings is 2. The van der Waals surface area contributed by atoms with E-state index in [1.165, 1.54) is 31.0 Å². The van der Waals surface area contributed by atoms with Crippen LogP contribution in [0.1, 0.15) is 45.4 Å². The zero-order chi connectivity index (χ0) is 22.6. The van der Waals surface area contributed by atoms with E-state index in [9.17, 15) is 9.59 Å². The predicted octanol–water partition coefficient (Wildman–Crippen LogP) is 4.95. The third kappa shape index (κ3) is 3.78. The van der Waals surface area contributed by atoms with Gasteiger partial charge in [0.1, 0.15) is 0 Å². The number of hydrogen-bond donors (Lipinski definition) is 1. The molecule has 1 amide bonds. The largest absolute Gasteiger partial charge is 0.350 e. The lowest BCUT2D eigenvalue weighted by Crippen LogP contribution is -2.60. The molecule has 4 fully saturated rings. The molecule has 6 heteroatoms. The lowest BCUT2D eigenvalue weighted by molar-refractivity contribution is -0.126. The van der Waals surface area contributed by atoms with E-state index in [0.29, 0.717) is 16.1 Å². The summed E-state index contributed by atoms with van der Waals surface area (Å²) in [4.78, 5) is 31.6. The van der Waals surface area contributed by atoms with Crippen molar-refractivity contribution in [2.24, 2.45) is 17.8 Å². The number of nitrogens with one attached hydrogen (secondary N) is 1. The SMILES string of the molecule is CC(Sc1nc2ccccc2c(=O)n1-c1ccccc1)C(=O)NC12CC3CC(CC(C3)C1)C2. The van der Waals surface area contributed by atoms with Gasteiger partial charge in [-0.05, 0) is 87.5 Å². The molecule has 2 aromatic carbocycles. The Balaban J connectivity index is 1.30. The second-order valence-electron chi connectivity index (χ2n) is 10.3. The van der Waals surface area contributed by atoms with E-state index in [1.807, 2.05) is 61.5 Å². The molecule has 1 atom stereocenters. The summed E-state index contributed by atoms with van der Waals surface area (Å²) >= 11 is 1.37. The molecule has 1 unspecified atom stereocenters. The average Bonchev–Trinajstić information content (AvgIpc) is 2.78. The van der Waals surface area contributed by atoms with Crippen molar-refractivity contribution in [1.82, 2.24) is 14.9 Å². The van der Waals surface area contributed by atoms with E-state index in [1.54, 1.807) is 4.57 Å². The highest BCUT2D eigenvalue weighted by molar-refractivity contribution is 8.00. The van der Waals surface area contributed by atoms with Crippen molar-refractivity contribution in [3.05, 3.63) is 65.0 Å². The first-order valence-corrected chi connectivity index (χ1v) is 12.9. The smallest absolute Gasteiger partial charge is 0.266 e. The Hall–Kier alpha value is -2.60. The number of nitrogens with zero attached hydrogens (tertiary/aromatic N) is 2. The van der Waals surface area contributed by atoms with Gasteiger partial charge in [0.15, 0.2) is 5.16 Å². The molecule has 4 aliphatic rings. The van der Waals surface area contributed by atoms with E-state index in [-0.39, 0.29) is 22.3 Å². The Labute approximate surface area is 198 Å². The van der Waals surface area contributed by atoms with Crippen molar-refractivity contribution in [2.45, 2.75) is 61.4 Å². The number of thioether (sulfide) groups is 1. The van der Waals surface area contributed by atoms with Crippen LogP contribution in [0.15, 0.2) is 64.5 Å². The second kappa shape index (κ2) is 8.01. The number of aromatic nitrogens is 2. The molecule has 5 nitrogen and oxygen atoms in total. The highest BCUT2D eigenvalue weighted by Gasteiger charge is 2.51. The van der Waals surface area contributed by atoms with Crippen LogP contribution in [0.5, 0.6) is 0 Å². The van der Waals surface area contributed by atoms with Gasteiger partial charge < -0.3 is 5.32 Å². The Kier molecular flexibility index (Phi) is 5.09. The fourth-order valence-electron chi connectivity index (χ4n) is 6.83. The topological polar surface area (TPSA) is 64.0 Å². The number of carbonyl (C=O) groups excluding carboxylic acids is 1. The predicted molar refractivity (Wildman–Crippen MR) is 132 cm³/mol. The first kappa shape index (κ1) is 21.0. The minimum Gasteiger partial charge on any atom is -0.350 e. The number of amides is 1. The minimum absolute atomic E-state index is 0.0173. The van der Waals surface area contributed by atoms with Crippen molar-refractivity contribution in [2.75, 3.05) is 0 Å². The molecule has 4 aliphatic carbocycles. The van der Waals surface area contributed by atoms with Crippen LogP contribution < -0.4 is 10.9 Å². The molecule has 3 aromatic rings. The van der Waals surface area contributed by atoms with E-state index >= 15 is 0 Å². The van der Waals surface area contributed by atoms with Gasteiger partial charge in [-0.2, -0.15) is 0 Å².